The van der Waals surface area contributed by atoms with Crippen molar-refractivity contribution in [2.24, 2.45) is 0 Å². The number of hydrazine groups is 1. The summed E-state index contributed by atoms with van der Waals surface area (Å²) in [6.07, 6.45) is 3.07. The van der Waals surface area contributed by atoms with Crippen LogP contribution in [0.2, 0.25) is 0 Å². The number of ether oxygens (including phenoxy) is 2. The summed E-state index contributed by atoms with van der Waals surface area (Å²) >= 11 is 0. The molecule has 0 bridgehead atoms. The molecule has 3 aromatic rings. The lowest BCUT2D eigenvalue weighted by molar-refractivity contribution is -0.128. The van der Waals surface area contributed by atoms with E-state index in [1.54, 1.807) is 30.3 Å². The van der Waals surface area contributed by atoms with Crippen molar-refractivity contribution in [2.75, 3.05) is 13.7 Å². The van der Waals surface area contributed by atoms with Crippen LogP contribution >= 0.6 is 0 Å². The van der Waals surface area contributed by atoms with Gasteiger partial charge < -0.3 is 9.47 Å². The molecule has 6 heteroatoms. The number of nitrogens with one attached hydrogen (secondary N) is 2. The molecule has 6 nitrogen and oxygen atoms in total. The predicted molar refractivity (Wildman–Crippen MR) is 108 cm³/mol. The molecule has 0 aliphatic carbocycles. The normalized spacial score (nSPS) is 10.6. The second kappa shape index (κ2) is 9.23. The minimum Gasteiger partial charge on any atom is -0.493 e. The number of hydrogen-bond donors (Lipinski definition) is 2. The van der Waals surface area contributed by atoms with E-state index in [0.29, 0.717) is 11.5 Å². The summed E-state index contributed by atoms with van der Waals surface area (Å²) < 4.78 is 10.5. The molecule has 0 atom stereocenters. The van der Waals surface area contributed by atoms with Crippen molar-refractivity contribution < 1.29 is 19.1 Å². The van der Waals surface area contributed by atoms with Gasteiger partial charge in [0.2, 0.25) is 0 Å². The van der Waals surface area contributed by atoms with Crippen LogP contribution in [0.3, 0.4) is 0 Å². The molecule has 0 aliphatic rings. The van der Waals surface area contributed by atoms with Gasteiger partial charge in [-0.05, 0) is 34.5 Å². The van der Waals surface area contributed by atoms with Gasteiger partial charge >= 0.3 is 0 Å². The molecule has 0 heterocycles. The highest BCUT2D eigenvalue weighted by Gasteiger charge is 2.07. The summed E-state index contributed by atoms with van der Waals surface area (Å²) in [6.45, 7) is -0.256. The summed E-state index contributed by atoms with van der Waals surface area (Å²) in [5.41, 5.74) is 5.55. The molecule has 0 unspecified atom stereocenters. The molecular weight excluding hydrogens is 356 g/mol. The highest BCUT2D eigenvalue weighted by Crippen LogP contribution is 2.25. The number of hydrogen-bond acceptors (Lipinski definition) is 4. The van der Waals surface area contributed by atoms with Crippen LogP contribution in [0.4, 0.5) is 0 Å². The van der Waals surface area contributed by atoms with Crippen LogP contribution in [0.15, 0.2) is 72.8 Å². The minimum atomic E-state index is -0.488. The lowest BCUT2D eigenvalue weighted by Gasteiger charge is -2.10. The van der Waals surface area contributed by atoms with Gasteiger partial charge in [-0.3, -0.25) is 20.4 Å². The molecule has 0 aliphatic heterocycles. The zero-order valence-corrected chi connectivity index (χ0v) is 15.3. The highest BCUT2D eigenvalue weighted by molar-refractivity contribution is 5.97. The van der Waals surface area contributed by atoms with Crippen molar-refractivity contribution in [1.82, 2.24) is 10.9 Å². The first-order valence-corrected chi connectivity index (χ1v) is 8.68. The van der Waals surface area contributed by atoms with Gasteiger partial charge in [0.05, 0.1) is 7.11 Å². The topological polar surface area (TPSA) is 76.7 Å². The van der Waals surface area contributed by atoms with Crippen molar-refractivity contribution in [1.29, 1.82) is 0 Å². The summed E-state index contributed by atoms with van der Waals surface area (Å²) in [5.74, 6) is 0.0380. The maximum atomic E-state index is 12.0. The Bertz CT molecular complexity index is 1010. The van der Waals surface area contributed by atoms with Crippen LogP contribution in [0.25, 0.3) is 16.8 Å². The second-order valence-electron chi connectivity index (χ2n) is 5.88. The molecule has 0 radical (unpaired) electrons. The molecule has 3 rings (SSSR count). The van der Waals surface area contributed by atoms with Crippen molar-refractivity contribution in [3.63, 3.8) is 0 Å². The van der Waals surface area contributed by atoms with Crippen LogP contribution in [0.5, 0.6) is 11.5 Å². The average Bonchev–Trinajstić information content (AvgIpc) is 2.74. The number of carbonyl (C=O) groups is 2. The van der Waals surface area contributed by atoms with Gasteiger partial charge in [0.15, 0.2) is 18.1 Å². The van der Waals surface area contributed by atoms with Crippen LogP contribution in [-0.4, -0.2) is 25.5 Å². The molecular formula is C22H20N2O4. The largest absolute Gasteiger partial charge is 0.493 e. The molecule has 2 amide bonds. The van der Waals surface area contributed by atoms with Crippen molar-refractivity contribution in [3.05, 3.63) is 78.4 Å². The van der Waals surface area contributed by atoms with Gasteiger partial charge in [-0.15, -0.1) is 0 Å². The fraction of sp³-hybridized carbons (Fsp3) is 0.0909. The van der Waals surface area contributed by atoms with Crippen LogP contribution in [0.1, 0.15) is 5.56 Å². The number of para-hydroxylation sites is 2. The van der Waals surface area contributed by atoms with Crippen molar-refractivity contribution >= 4 is 28.7 Å². The molecule has 0 fully saturated rings. The van der Waals surface area contributed by atoms with Gasteiger partial charge in [0, 0.05) is 6.08 Å². The molecule has 3 aromatic carbocycles. The Morgan fingerprint density at radius 3 is 2.43 bits per heavy atom. The van der Waals surface area contributed by atoms with Gasteiger partial charge in [-0.1, -0.05) is 54.6 Å². The average molecular weight is 376 g/mol. The summed E-state index contributed by atoms with van der Waals surface area (Å²) in [4.78, 5) is 23.8. The lowest BCUT2D eigenvalue weighted by Crippen LogP contribution is -2.43. The molecule has 0 aromatic heterocycles. The number of fused-ring (bicyclic) bond motifs is 1. The van der Waals surface area contributed by atoms with Crippen molar-refractivity contribution in [2.45, 2.75) is 0 Å². The fourth-order valence-electron chi connectivity index (χ4n) is 2.65. The van der Waals surface area contributed by atoms with E-state index >= 15 is 0 Å². The standard InChI is InChI=1S/C22H20N2O4/c1-27-19-11-4-5-12-20(19)28-15-22(26)24-23-21(25)14-13-17-9-6-8-16-7-2-3-10-18(16)17/h2-14H,15H2,1H3,(H,23,25)(H,24,26). The number of carbonyl (C=O) groups excluding carboxylic acids is 2. The zero-order chi connectivity index (χ0) is 19.8. The fourth-order valence-corrected chi connectivity index (χ4v) is 2.65. The van der Waals surface area contributed by atoms with E-state index in [4.69, 9.17) is 9.47 Å². The Balaban J connectivity index is 1.51. The molecule has 28 heavy (non-hydrogen) atoms. The van der Waals surface area contributed by atoms with E-state index in [9.17, 15) is 9.59 Å². The van der Waals surface area contributed by atoms with Crippen LogP contribution < -0.4 is 20.3 Å². The SMILES string of the molecule is COc1ccccc1OCC(=O)NNC(=O)C=Cc1cccc2ccccc12. The second-order valence-corrected chi connectivity index (χ2v) is 5.88. The molecule has 2 N–H and O–H groups in total. The highest BCUT2D eigenvalue weighted by atomic mass is 16.5. The maximum Gasteiger partial charge on any atom is 0.276 e. The third-order valence-corrected chi connectivity index (χ3v) is 3.99. The Labute approximate surface area is 162 Å². The number of rotatable bonds is 6. The van der Waals surface area contributed by atoms with E-state index in [0.717, 1.165) is 16.3 Å². The lowest BCUT2D eigenvalue weighted by atomic mass is 10.0. The van der Waals surface area contributed by atoms with E-state index in [1.807, 2.05) is 42.5 Å². The number of amides is 2. The zero-order valence-electron chi connectivity index (χ0n) is 15.3. The first-order chi connectivity index (χ1) is 13.7. The van der Waals surface area contributed by atoms with E-state index in [1.165, 1.54) is 13.2 Å². The van der Waals surface area contributed by atoms with Crippen LogP contribution in [0, 0.1) is 0 Å². The summed E-state index contributed by atoms with van der Waals surface area (Å²) in [5, 5.41) is 2.13. The predicted octanol–water partition coefficient (Wildman–Crippen LogP) is 3.09. The molecule has 0 saturated heterocycles. The quantitative estimate of drug-likeness (QED) is 0.512. The minimum absolute atomic E-state index is 0.256. The van der Waals surface area contributed by atoms with Gasteiger partial charge in [0.25, 0.3) is 11.8 Å². The summed E-state index contributed by atoms with van der Waals surface area (Å²) in [6, 6.07) is 20.8. The summed E-state index contributed by atoms with van der Waals surface area (Å²) in [7, 11) is 1.52. The monoisotopic (exact) mass is 376 g/mol. The first-order valence-electron chi connectivity index (χ1n) is 8.68. The van der Waals surface area contributed by atoms with Gasteiger partial charge in [-0.25, -0.2) is 0 Å². The number of benzene rings is 3. The van der Waals surface area contributed by atoms with E-state index in [-0.39, 0.29) is 6.61 Å². The number of methoxy groups -OCH3 is 1. The van der Waals surface area contributed by atoms with Crippen molar-refractivity contribution in [3.8, 4) is 11.5 Å². The molecule has 0 spiro atoms. The third kappa shape index (κ3) is 4.88. The van der Waals surface area contributed by atoms with E-state index < -0.39 is 11.8 Å². The third-order valence-electron chi connectivity index (χ3n) is 3.99. The maximum absolute atomic E-state index is 12.0. The Kier molecular flexibility index (Phi) is 6.25. The smallest absolute Gasteiger partial charge is 0.276 e. The Morgan fingerprint density at radius 2 is 1.61 bits per heavy atom. The van der Waals surface area contributed by atoms with Gasteiger partial charge in [0.1, 0.15) is 0 Å². The van der Waals surface area contributed by atoms with Gasteiger partial charge in [-0.2, -0.15) is 0 Å². The Hall–Kier alpha value is -3.80. The molecule has 0 saturated carbocycles. The Morgan fingerprint density at radius 1 is 0.893 bits per heavy atom. The van der Waals surface area contributed by atoms with E-state index in [2.05, 4.69) is 10.9 Å². The van der Waals surface area contributed by atoms with Crippen LogP contribution in [-0.2, 0) is 9.59 Å². The first kappa shape index (κ1) is 19.0. The molecule has 142 valence electrons.